The third kappa shape index (κ3) is 3.14. The first kappa shape index (κ1) is 13.4. The summed E-state index contributed by atoms with van der Waals surface area (Å²) in [6.07, 6.45) is -1.17. The molecule has 4 heteroatoms. The lowest BCUT2D eigenvalue weighted by Gasteiger charge is -2.18. The van der Waals surface area contributed by atoms with Gasteiger partial charge in [-0.15, -0.1) is 0 Å². The van der Waals surface area contributed by atoms with Crippen molar-refractivity contribution in [2.45, 2.75) is 25.6 Å². The van der Waals surface area contributed by atoms with E-state index >= 15 is 0 Å². The third-order valence-corrected chi connectivity index (χ3v) is 2.81. The number of methoxy groups -OCH3 is 1. The molecule has 16 heavy (non-hydrogen) atoms. The van der Waals surface area contributed by atoms with Crippen molar-refractivity contribution in [2.24, 2.45) is 0 Å². The van der Waals surface area contributed by atoms with Crippen LogP contribution < -0.4 is 4.74 Å². The lowest BCUT2D eigenvalue weighted by molar-refractivity contribution is 0.0172. The van der Waals surface area contributed by atoms with Gasteiger partial charge < -0.3 is 14.9 Å². The molecular formula is C12H18O3S. The minimum atomic E-state index is -0.864. The van der Waals surface area contributed by atoms with Gasteiger partial charge in [-0.3, -0.25) is 0 Å². The molecule has 0 fully saturated rings. The Labute approximate surface area is 101 Å². The number of thiol groups is 1. The van der Waals surface area contributed by atoms with Crippen LogP contribution in [0.2, 0.25) is 0 Å². The summed E-state index contributed by atoms with van der Waals surface area (Å²) in [4.78, 5) is 0. The number of aryl methyl sites for hydroxylation is 1. The van der Waals surface area contributed by atoms with Gasteiger partial charge in [0.25, 0.3) is 0 Å². The molecule has 0 aliphatic rings. The fourth-order valence-electron chi connectivity index (χ4n) is 1.60. The summed E-state index contributed by atoms with van der Waals surface area (Å²) < 4.78 is 5.13. The predicted molar refractivity (Wildman–Crippen MR) is 67.2 cm³/mol. The Balaban J connectivity index is 2.84. The molecule has 0 heterocycles. The van der Waals surface area contributed by atoms with Crippen molar-refractivity contribution in [2.75, 3.05) is 12.9 Å². The topological polar surface area (TPSA) is 49.7 Å². The van der Waals surface area contributed by atoms with E-state index in [-0.39, 0.29) is 0 Å². The van der Waals surface area contributed by atoms with E-state index in [4.69, 9.17) is 4.74 Å². The summed E-state index contributed by atoms with van der Waals surface area (Å²) in [6.45, 7) is 1.90. The summed E-state index contributed by atoms with van der Waals surface area (Å²) in [5.74, 6) is 1.33. The van der Waals surface area contributed by atoms with Crippen LogP contribution in [0.4, 0.5) is 0 Å². The zero-order valence-electron chi connectivity index (χ0n) is 9.55. The molecule has 0 saturated carbocycles. The van der Waals surface area contributed by atoms with Crippen LogP contribution >= 0.6 is 12.6 Å². The molecule has 2 N–H and O–H groups in total. The Morgan fingerprint density at radius 2 is 2.06 bits per heavy atom. The molecule has 0 aliphatic carbocycles. The van der Waals surface area contributed by atoms with E-state index in [9.17, 15) is 10.2 Å². The highest BCUT2D eigenvalue weighted by Gasteiger charge is 2.18. The standard InChI is InChI=1S/C12H18O3S/c1-8-7-9(3-4-11(8)15-2)12(14)10(13)5-6-16/h3-4,7,10,12-14,16H,5-6H2,1-2H3. The van der Waals surface area contributed by atoms with Crippen molar-refractivity contribution in [3.8, 4) is 5.75 Å². The van der Waals surface area contributed by atoms with E-state index in [1.165, 1.54) is 0 Å². The first-order valence-electron chi connectivity index (χ1n) is 5.21. The lowest BCUT2D eigenvalue weighted by atomic mass is 10.0. The van der Waals surface area contributed by atoms with Crippen LogP contribution in [-0.4, -0.2) is 29.2 Å². The second-order valence-corrected chi connectivity index (χ2v) is 4.20. The third-order valence-electron chi connectivity index (χ3n) is 2.55. The molecule has 0 saturated heterocycles. The largest absolute Gasteiger partial charge is 0.496 e. The highest BCUT2D eigenvalue weighted by Crippen LogP contribution is 2.25. The second-order valence-electron chi connectivity index (χ2n) is 3.75. The van der Waals surface area contributed by atoms with Gasteiger partial charge in [-0.2, -0.15) is 12.6 Å². The number of hydrogen-bond acceptors (Lipinski definition) is 4. The molecule has 0 spiro atoms. The molecular weight excluding hydrogens is 224 g/mol. The van der Waals surface area contributed by atoms with Crippen LogP contribution in [0, 0.1) is 6.92 Å². The summed E-state index contributed by atoms with van der Waals surface area (Å²) in [6, 6.07) is 5.38. The number of ether oxygens (including phenoxy) is 1. The van der Waals surface area contributed by atoms with E-state index in [1.54, 1.807) is 19.2 Å². The summed E-state index contributed by atoms with van der Waals surface area (Å²) in [7, 11) is 1.61. The number of aliphatic hydroxyl groups excluding tert-OH is 2. The maximum Gasteiger partial charge on any atom is 0.121 e. The molecule has 2 atom stereocenters. The Bertz CT molecular complexity index is 341. The van der Waals surface area contributed by atoms with Gasteiger partial charge in [0.1, 0.15) is 11.9 Å². The van der Waals surface area contributed by atoms with Crippen LogP contribution in [0.3, 0.4) is 0 Å². The monoisotopic (exact) mass is 242 g/mol. The average molecular weight is 242 g/mol. The number of benzene rings is 1. The van der Waals surface area contributed by atoms with E-state index in [0.29, 0.717) is 17.7 Å². The SMILES string of the molecule is COc1ccc(C(O)C(O)CCS)cc1C. The summed E-state index contributed by atoms with van der Waals surface area (Å²) in [5, 5.41) is 19.5. The molecule has 0 amide bonds. The van der Waals surface area contributed by atoms with Crippen molar-refractivity contribution < 1.29 is 14.9 Å². The predicted octanol–water partition coefficient (Wildman–Crippen LogP) is 1.72. The minimum Gasteiger partial charge on any atom is -0.496 e. The molecule has 0 radical (unpaired) electrons. The van der Waals surface area contributed by atoms with Crippen LogP contribution in [0.25, 0.3) is 0 Å². The van der Waals surface area contributed by atoms with Gasteiger partial charge in [0.15, 0.2) is 0 Å². The fourth-order valence-corrected chi connectivity index (χ4v) is 1.86. The van der Waals surface area contributed by atoms with Gasteiger partial charge in [-0.05, 0) is 42.4 Å². The Kier molecular flexibility index (Phi) is 5.12. The molecule has 1 aromatic rings. The van der Waals surface area contributed by atoms with Gasteiger partial charge in [0, 0.05) is 0 Å². The van der Waals surface area contributed by atoms with E-state index < -0.39 is 12.2 Å². The second kappa shape index (κ2) is 6.13. The Morgan fingerprint density at radius 1 is 1.38 bits per heavy atom. The van der Waals surface area contributed by atoms with Crippen LogP contribution in [0.15, 0.2) is 18.2 Å². The molecule has 90 valence electrons. The van der Waals surface area contributed by atoms with E-state index in [0.717, 1.165) is 11.3 Å². The molecule has 0 aromatic heterocycles. The fraction of sp³-hybridized carbons (Fsp3) is 0.500. The van der Waals surface area contributed by atoms with Crippen LogP contribution in [0.5, 0.6) is 5.75 Å². The smallest absolute Gasteiger partial charge is 0.121 e. The molecule has 1 rings (SSSR count). The van der Waals surface area contributed by atoms with E-state index in [1.807, 2.05) is 13.0 Å². The van der Waals surface area contributed by atoms with E-state index in [2.05, 4.69) is 12.6 Å². The van der Waals surface area contributed by atoms with Crippen molar-refractivity contribution >= 4 is 12.6 Å². The summed E-state index contributed by atoms with van der Waals surface area (Å²) in [5.41, 5.74) is 1.64. The molecule has 3 nitrogen and oxygen atoms in total. The molecule has 0 bridgehead atoms. The summed E-state index contributed by atoms with van der Waals surface area (Å²) >= 11 is 4.03. The van der Waals surface area contributed by atoms with Gasteiger partial charge in [-0.1, -0.05) is 6.07 Å². The van der Waals surface area contributed by atoms with Gasteiger partial charge in [0.05, 0.1) is 13.2 Å². The van der Waals surface area contributed by atoms with Crippen molar-refractivity contribution in [1.82, 2.24) is 0 Å². The maximum atomic E-state index is 9.88. The van der Waals surface area contributed by atoms with Gasteiger partial charge in [-0.25, -0.2) is 0 Å². The molecule has 1 aromatic carbocycles. The van der Waals surface area contributed by atoms with Crippen molar-refractivity contribution in [3.05, 3.63) is 29.3 Å². The van der Waals surface area contributed by atoms with Crippen LogP contribution in [-0.2, 0) is 0 Å². The number of aliphatic hydroxyl groups is 2. The lowest BCUT2D eigenvalue weighted by Crippen LogP contribution is -2.18. The average Bonchev–Trinajstić information content (AvgIpc) is 2.28. The number of hydrogen-bond donors (Lipinski definition) is 3. The Morgan fingerprint density at radius 3 is 2.56 bits per heavy atom. The highest BCUT2D eigenvalue weighted by molar-refractivity contribution is 7.80. The zero-order chi connectivity index (χ0) is 12.1. The number of rotatable bonds is 5. The highest BCUT2D eigenvalue weighted by atomic mass is 32.1. The Hall–Kier alpha value is -0.710. The first-order chi connectivity index (χ1) is 7.60. The van der Waals surface area contributed by atoms with Gasteiger partial charge in [0.2, 0.25) is 0 Å². The van der Waals surface area contributed by atoms with Crippen molar-refractivity contribution in [3.63, 3.8) is 0 Å². The maximum absolute atomic E-state index is 9.88. The zero-order valence-corrected chi connectivity index (χ0v) is 10.4. The normalized spacial score (nSPS) is 14.6. The molecule has 0 aliphatic heterocycles. The quantitative estimate of drug-likeness (QED) is 0.689. The minimum absolute atomic E-state index is 0.468. The first-order valence-corrected chi connectivity index (χ1v) is 5.85. The van der Waals surface area contributed by atoms with Crippen molar-refractivity contribution in [1.29, 1.82) is 0 Å². The van der Waals surface area contributed by atoms with Gasteiger partial charge >= 0.3 is 0 Å². The molecule has 2 unspecified atom stereocenters. The van der Waals surface area contributed by atoms with Crippen LogP contribution in [0.1, 0.15) is 23.7 Å².